The summed E-state index contributed by atoms with van der Waals surface area (Å²) in [6, 6.07) is 9.53. The zero-order chi connectivity index (χ0) is 10.6. The van der Waals surface area contributed by atoms with Crippen LogP contribution in [0.15, 0.2) is 36.9 Å². The molecule has 3 heteroatoms. The number of hydrogen-bond acceptors (Lipinski definition) is 1. The van der Waals surface area contributed by atoms with Crippen LogP contribution in [0.5, 0.6) is 0 Å². The molecule has 0 spiro atoms. The average Bonchev–Trinajstić information content (AvgIpc) is 2.27. The average molecular weight is 210 g/mol. The van der Waals surface area contributed by atoms with E-state index in [1.165, 1.54) is 4.90 Å². The summed E-state index contributed by atoms with van der Waals surface area (Å²) in [6.07, 6.45) is 0. The van der Waals surface area contributed by atoms with Crippen LogP contribution in [0.2, 0.25) is 0 Å². The first-order valence-corrected chi connectivity index (χ1v) is 4.77. The molecule has 0 fully saturated rings. The molecule has 14 heavy (non-hydrogen) atoms. The van der Waals surface area contributed by atoms with Gasteiger partial charge in [-0.25, -0.2) is 0 Å². The lowest BCUT2D eigenvalue weighted by atomic mass is 10.1. The molecule has 1 amide bonds. The maximum atomic E-state index is 11.3. The van der Waals surface area contributed by atoms with Crippen molar-refractivity contribution in [1.82, 2.24) is 4.90 Å². The number of carbonyl (C=O) groups is 1. The summed E-state index contributed by atoms with van der Waals surface area (Å²) in [7, 11) is 1.67. The summed E-state index contributed by atoms with van der Waals surface area (Å²) >= 11 is 5.45. The molecule has 0 aliphatic rings. The summed E-state index contributed by atoms with van der Waals surface area (Å²) < 4.78 is 0. The third-order valence-corrected chi connectivity index (χ3v) is 2.23. The minimum atomic E-state index is -0.152. The van der Waals surface area contributed by atoms with Crippen molar-refractivity contribution in [2.24, 2.45) is 0 Å². The van der Waals surface area contributed by atoms with Crippen LogP contribution in [0.25, 0.3) is 5.70 Å². The molecule has 1 rings (SSSR count). The van der Waals surface area contributed by atoms with E-state index in [2.05, 4.69) is 6.58 Å². The maximum Gasteiger partial charge on any atom is 0.241 e. The number of halogens is 1. The summed E-state index contributed by atoms with van der Waals surface area (Å²) in [5.74, 6) is -0.178. The minimum Gasteiger partial charge on any atom is -0.314 e. The van der Waals surface area contributed by atoms with Gasteiger partial charge in [-0.1, -0.05) is 36.9 Å². The van der Waals surface area contributed by atoms with Crippen LogP contribution in [0.1, 0.15) is 5.56 Å². The standard InChI is InChI=1S/C11H12ClNO/c1-9(13(2)11(14)8-12)10-6-4-3-5-7-10/h3-7H,1,8H2,2H3. The molecular formula is C11H12ClNO. The van der Waals surface area contributed by atoms with Crippen LogP contribution in [0.3, 0.4) is 0 Å². The predicted molar refractivity (Wildman–Crippen MR) is 59.0 cm³/mol. The van der Waals surface area contributed by atoms with E-state index in [1.54, 1.807) is 7.05 Å². The van der Waals surface area contributed by atoms with Crippen LogP contribution in [0, 0.1) is 0 Å². The maximum absolute atomic E-state index is 11.3. The normalized spacial score (nSPS) is 9.57. The second-order valence-electron chi connectivity index (χ2n) is 2.90. The van der Waals surface area contributed by atoms with Gasteiger partial charge in [0.2, 0.25) is 5.91 Å². The van der Waals surface area contributed by atoms with Gasteiger partial charge in [-0.05, 0) is 5.56 Å². The van der Waals surface area contributed by atoms with Crippen molar-refractivity contribution in [3.8, 4) is 0 Å². The lowest BCUT2D eigenvalue weighted by molar-refractivity contribution is -0.124. The zero-order valence-electron chi connectivity index (χ0n) is 8.03. The Morgan fingerprint density at radius 1 is 1.43 bits per heavy atom. The molecular weight excluding hydrogens is 198 g/mol. The molecule has 0 atom stereocenters. The first-order valence-electron chi connectivity index (χ1n) is 4.23. The first kappa shape index (κ1) is 10.8. The third-order valence-electron chi connectivity index (χ3n) is 2.00. The Morgan fingerprint density at radius 3 is 2.50 bits per heavy atom. The molecule has 74 valence electrons. The highest BCUT2D eigenvalue weighted by Gasteiger charge is 2.11. The van der Waals surface area contributed by atoms with Gasteiger partial charge in [0, 0.05) is 12.7 Å². The summed E-state index contributed by atoms with van der Waals surface area (Å²) in [4.78, 5) is 12.7. The fourth-order valence-corrected chi connectivity index (χ4v) is 1.24. The van der Waals surface area contributed by atoms with Gasteiger partial charge in [-0.2, -0.15) is 0 Å². The molecule has 0 saturated heterocycles. The van der Waals surface area contributed by atoms with Crippen molar-refractivity contribution in [2.75, 3.05) is 12.9 Å². The summed E-state index contributed by atoms with van der Waals surface area (Å²) in [5, 5.41) is 0. The smallest absolute Gasteiger partial charge is 0.241 e. The lowest BCUT2D eigenvalue weighted by Crippen LogP contribution is -2.25. The van der Waals surface area contributed by atoms with Gasteiger partial charge in [0.05, 0.1) is 0 Å². The number of rotatable bonds is 3. The highest BCUT2D eigenvalue weighted by atomic mass is 35.5. The highest BCUT2D eigenvalue weighted by molar-refractivity contribution is 6.27. The van der Waals surface area contributed by atoms with E-state index in [9.17, 15) is 4.79 Å². The second kappa shape index (κ2) is 4.82. The van der Waals surface area contributed by atoms with Crippen molar-refractivity contribution in [3.63, 3.8) is 0 Å². The topological polar surface area (TPSA) is 20.3 Å². The van der Waals surface area contributed by atoms with E-state index < -0.39 is 0 Å². The van der Waals surface area contributed by atoms with Gasteiger partial charge in [0.1, 0.15) is 5.88 Å². The molecule has 0 N–H and O–H groups in total. The summed E-state index contributed by atoms with van der Waals surface area (Å²) in [6.45, 7) is 3.84. The molecule has 0 unspecified atom stereocenters. The Labute approximate surface area is 88.8 Å². The Bertz CT molecular complexity index is 334. The van der Waals surface area contributed by atoms with Crippen LogP contribution >= 0.6 is 11.6 Å². The number of benzene rings is 1. The SMILES string of the molecule is C=C(c1ccccc1)N(C)C(=O)CCl. The number of carbonyl (C=O) groups excluding carboxylic acids is 1. The van der Waals surface area contributed by atoms with Gasteiger partial charge in [0.25, 0.3) is 0 Å². The van der Waals surface area contributed by atoms with Crippen molar-refractivity contribution in [2.45, 2.75) is 0 Å². The van der Waals surface area contributed by atoms with E-state index in [0.717, 1.165) is 5.56 Å². The largest absolute Gasteiger partial charge is 0.314 e. The fraction of sp³-hybridized carbons (Fsp3) is 0.182. The molecule has 0 aliphatic carbocycles. The van der Waals surface area contributed by atoms with Crippen LogP contribution in [0.4, 0.5) is 0 Å². The van der Waals surface area contributed by atoms with Gasteiger partial charge >= 0.3 is 0 Å². The van der Waals surface area contributed by atoms with E-state index >= 15 is 0 Å². The van der Waals surface area contributed by atoms with Crippen molar-refractivity contribution in [1.29, 1.82) is 0 Å². The van der Waals surface area contributed by atoms with Crippen molar-refractivity contribution in [3.05, 3.63) is 42.5 Å². The van der Waals surface area contributed by atoms with Crippen molar-refractivity contribution >= 4 is 23.2 Å². The molecule has 0 radical (unpaired) electrons. The van der Waals surface area contributed by atoms with Gasteiger partial charge in [0.15, 0.2) is 0 Å². The fourth-order valence-electron chi connectivity index (χ4n) is 1.06. The molecule has 0 aliphatic heterocycles. The monoisotopic (exact) mass is 209 g/mol. The Balaban J connectivity index is 2.81. The van der Waals surface area contributed by atoms with Gasteiger partial charge in [-0.15, -0.1) is 11.6 Å². The minimum absolute atomic E-state index is 0.0254. The van der Waals surface area contributed by atoms with E-state index in [4.69, 9.17) is 11.6 Å². The Kier molecular flexibility index (Phi) is 3.72. The molecule has 1 aromatic rings. The molecule has 0 bridgehead atoms. The lowest BCUT2D eigenvalue weighted by Gasteiger charge is -2.18. The molecule has 1 aromatic carbocycles. The Morgan fingerprint density at radius 2 is 2.00 bits per heavy atom. The van der Waals surface area contributed by atoms with Crippen LogP contribution < -0.4 is 0 Å². The number of alkyl halides is 1. The van der Waals surface area contributed by atoms with Crippen molar-refractivity contribution < 1.29 is 4.79 Å². The second-order valence-corrected chi connectivity index (χ2v) is 3.17. The first-order chi connectivity index (χ1) is 6.66. The van der Waals surface area contributed by atoms with E-state index in [-0.39, 0.29) is 11.8 Å². The van der Waals surface area contributed by atoms with Crippen LogP contribution in [-0.4, -0.2) is 23.7 Å². The highest BCUT2D eigenvalue weighted by Crippen LogP contribution is 2.15. The summed E-state index contributed by atoms with van der Waals surface area (Å²) in [5.41, 5.74) is 1.59. The molecule has 0 heterocycles. The predicted octanol–water partition coefficient (Wildman–Crippen LogP) is 2.35. The van der Waals surface area contributed by atoms with Crippen LogP contribution in [-0.2, 0) is 4.79 Å². The number of hydrogen-bond donors (Lipinski definition) is 0. The third kappa shape index (κ3) is 2.36. The molecule has 0 saturated carbocycles. The van der Waals surface area contributed by atoms with E-state index in [1.807, 2.05) is 30.3 Å². The van der Waals surface area contributed by atoms with E-state index in [0.29, 0.717) is 5.70 Å². The quantitative estimate of drug-likeness (QED) is 0.700. The number of nitrogens with zero attached hydrogens (tertiary/aromatic N) is 1. The number of amides is 1. The Hall–Kier alpha value is -1.28. The zero-order valence-corrected chi connectivity index (χ0v) is 8.79. The van der Waals surface area contributed by atoms with Gasteiger partial charge < -0.3 is 4.90 Å². The molecule has 0 aromatic heterocycles. The van der Waals surface area contributed by atoms with Gasteiger partial charge in [-0.3, -0.25) is 4.79 Å². The molecule has 2 nitrogen and oxygen atoms in total.